The number of aliphatic hydroxyl groups excluding tert-OH is 1. The molecule has 0 saturated carbocycles. The molecule has 0 amide bonds. The molecule has 0 aliphatic carbocycles. The quantitative estimate of drug-likeness (QED) is 0.765. The molecule has 0 saturated heterocycles. The predicted octanol–water partition coefficient (Wildman–Crippen LogP) is 1.48. The minimum atomic E-state index is -0.340. The molecule has 1 aromatic carbocycles. The minimum absolute atomic E-state index is 0.340. The number of likely N-dealkylation sites (N-methyl/N-ethyl adjacent to an activating group) is 1. The van der Waals surface area contributed by atoms with Crippen LogP contribution < -0.4 is 10.2 Å². The topological polar surface area (TPSA) is 35.5 Å². The highest BCUT2D eigenvalue weighted by Crippen LogP contribution is 2.10. The summed E-state index contributed by atoms with van der Waals surface area (Å²) in [7, 11) is 1.99. The van der Waals surface area contributed by atoms with E-state index in [0.29, 0.717) is 19.1 Å². The molecule has 0 aromatic heterocycles. The summed E-state index contributed by atoms with van der Waals surface area (Å²) in [5, 5.41) is 13.1. The van der Waals surface area contributed by atoms with E-state index < -0.39 is 0 Å². The van der Waals surface area contributed by atoms with Crippen LogP contribution in [0.25, 0.3) is 0 Å². The average molecular weight is 222 g/mol. The molecule has 3 nitrogen and oxygen atoms in total. The average Bonchev–Trinajstić information content (AvgIpc) is 2.27. The Bertz CT molecular complexity index is 287. The summed E-state index contributed by atoms with van der Waals surface area (Å²) in [6, 6.07) is 10.5. The standard InChI is InChI=1S/C13H22N2O/c1-11(2)14-9-13(16)10-15(3)12-7-5-4-6-8-12/h4-8,11,13-14,16H,9-10H2,1-3H3. The molecule has 2 N–H and O–H groups in total. The maximum Gasteiger partial charge on any atom is 0.0839 e. The first kappa shape index (κ1) is 13.0. The van der Waals surface area contributed by atoms with Crippen LogP contribution in [0.2, 0.25) is 0 Å². The highest BCUT2D eigenvalue weighted by atomic mass is 16.3. The van der Waals surface area contributed by atoms with Gasteiger partial charge in [-0.15, -0.1) is 0 Å². The van der Waals surface area contributed by atoms with Gasteiger partial charge in [0.2, 0.25) is 0 Å². The Morgan fingerprint density at radius 1 is 1.25 bits per heavy atom. The van der Waals surface area contributed by atoms with Crippen LogP contribution in [0.5, 0.6) is 0 Å². The molecule has 1 unspecified atom stereocenters. The summed E-state index contributed by atoms with van der Waals surface area (Å²) < 4.78 is 0. The van der Waals surface area contributed by atoms with Crippen LogP contribution in [0, 0.1) is 0 Å². The van der Waals surface area contributed by atoms with E-state index >= 15 is 0 Å². The third-order valence-electron chi connectivity index (χ3n) is 2.44. The number of aliphatic hydroxyl groups is 1. The van der Waals surface area contributed by atoms with Crippen LogP contribution >= 0.6 is 0 Å². The van der Waals surface area contributed by atoms with Gasteiger partial charge in [0.25, 0.3) is 0 Å². The van der Waals surface area contributed by atoms with Gasteiger partial charge in [0.1, 0.15) is 0 Å². The van der Waals surface area contributed by atoms with E-state index in [1.807, 2.05) is 37.4 Å². The molecule has 0 spiro atoms. The van der Waals surface area contributed by atoms with Crippen molar-refractivity contribution in [3.05, 3.63) is 30.3 Å². The number of para-hydroxylation sites is 1. The summed E-state index contributed by atoms with van der Waals surface area (Å²) >= 11 is 0. The van der Waals surface area contributed by atoms with E-state index in [0.717, 1.165) is 5.69 Å². The lowest BCUT2D eigenvalue weighted by molar-refractivity contribution is 0.175. The molecule has 0 radical (unpaired) electrons. The van der Waals surface area contributed by atoms with E-state index in [9.17, 15) is 5.11 Å². The summed E-state index contributed by atoms with van der Waals surface area (Å²) in [4.78, 5) is 2.06. The Morgan fingerprint density at radius 3 is 2.44 bits per heavy atom. The zero-order chi connectivity index (χ0) is 12.0. The summed E-state index contributed by atoms with van der Waals surface area (Å²) in [5.41, 5.74) is 1.13. The van der Waals surface area contributed by atoms with E-state index in [1.165, 1.54) is 0 Å². The van der Waals surface area contributed by atoms with Gasteiger partial charge in [-0.1, -0.05) is 32.0 Å². The summed E-state index contributed by atoms with van der Waals surface area (Å²) in [6.07, 6.45) is -0.340. The molecule has 0 aliphatic heterocycles. The van der Waals surface area contributed by atoms with Crippen LogP contribution in [0.4, 0.5) is 5.69 Å². The Morgan fingerprint density at radius 2 is 1.88 bits per heavy atom. The first-order valence-electron chi connectivity index (χ1n) is 5.77. The molecule has 1 aromatic rings. The van der Waals surface area contributed by atoms with Crippen molar-refractivity contribution in [2.45, 2.75) is 26.0 Å². The third-order valence-corrected chi connectivity index (χ3v) is 2.44. The van der Waals surface area contributed by atoms with Crippen LogP contribution in [-0.2, 0) is 0 Å². The second kappa shape index (κ2) is 6.51. The molecule has 0 fully saturated rings. The van der Waals surface area contributed by atoms with E-state index in [1.54, 1.807) is 0 Å². The van der Waals surface area contributed by atoms with Crippen molar-refractivity contribution in [3.8, 4) is 0 Å². The number of hydrogen-bond donors (Lipinski definition) is 2. The molecule has 0 aliphatic rings. The van der Waals surface area contributed by atoms with Crippen LogP contribution in [0.3, 0.4) is 0 Å². The van der Waals surface area contributed by atoms with Gasteiger partial charge in [0.15, 0.2) is 0 Å². The van der Waals surface area contributed by atoms with Crippen molar-refractivity contribution in [2.24, 2.45) is 0 Å². The van der Waals surface area contributed by atoms with Crippen molar-refractivity contribution < 1.29 is 5.11 Å². The second-order valence-electron chi connectivity index (χ2n) is 4.43. The highest BCUT2D eigenvalue weighted by molar-refractivity contribution is 5.45. The van der Waals surface area contributed by atoms with E-state index in [4.69, 9.17) is 0 Å². The monoisotopic (exact) mass is 222 g/mol. The molecule has 1 atom stereocenters. The summed E-state index contributed by atoms with van der Waals surface area (Å²) in [5.74, 6) is 0. The molecule has 90 valence electrons. The third kappa shape index (κ3) is 4.64. The number of rotatable bonds is 6. The van der Waals surface area contributed by atoms with E-state index in [-0.39, 0.29) is 6.10 Å². The molecular formula is C13H22N2O. The normalized spacial score (nSPS) is 12.8. The van der Waals surface area contributed by atoms with Crippen molar-refractivity contribution >= 4 is 5.69 Å². The fourth-order valence-corrected chi connectivity index (χ4v) is 1.54. The lowest BCUT2D eigenvalue weighted by Gasteiger charge is -2.23. The highest BCUT2D eigenvalue weighted by Gasteiger charge is 2.08. The molecule has 0 heterocycles. The van der Waals surface area contributed by atoms with Gasteiger partial charge in [0.05, 0.1) is 6.10 Å². The van der Waals surface area contributed by atoms with Crippen molar-refractivity contribution in [2.75, 3.05) is 25.0 Å². The van der Waals surface area contributed by atoms with Gasteiger partial charge >= 0.3 is 0 Å². The fraction of sp³-hybridized carbons (Fsp3) is 0.538. The lowest BCUT2D eigenvalue weighted by atomic mass is 10.2. The number of nitrogens with one attached hydrogen (secondary N) is 1. The Labute approximate surface area is 98.1 Å². The van der Waals surface area contributed by atoms with Gasteiger partial charge in [0, 0.05) is 31.9 Å². The van der Waals surface area contributed by atoms with Crippen LogP contribution in [-0.4, -0.2) is 37.4 Å². The zero-order valence-electron chi connectivity index (χ0n) is 10.4. The Hall–Kier alpha value is -1.06. The number of anilines is 1. The maximum absolute atomic E-state index is 9.83. The molecule has 3 heteroatoms. The van der Waals surface area contributed by atoms with Gasteiger partial charge < -0.3 is 15.3 Å². The van der Waals surface area contributed by atoms with Gasteiger partial charge in [-0.3, -0.25) is 0 Å². The van der Waals surface area contributed by atoms with Crippen molar-refractivity contribution in [3.63, 3.8) is 0 Å². The largest absolute Gasteiger partial charge is 0.390 e. The van der Waals surface area contributed by atoms with Gasteiger partial charge in [-0.05, 0) is 12.1 Å². The van der Waals surface area contributed by atoms with Crippen molar-refractivity contribution in [1.82, 2.24) is 5.32 Å². The zero-order valence-corrected chi connectivity index (χ0v) is 10.4. The smallest absolute Gasteiger partial charge is 0.0839 e. The first-order valence-corrected chi connectivity index (χ1v) is 5.77. The number of benzene rings is 1. The predicted molar refractivity (Wildman–Crippen MR) is 68.9 cm³/mol. The van der Waals surface area contributed by atoms with Crippen molar-refractivity contribution in [1.29, 1.82) is 0 Å². The first-order chi connectivity index (χ1) is 7.59. The number of nitrogens with zero attached hydrogens (tertiary/aromatic N) is 1. The second-order valence-corrected chi connectivity index (χ2v) is 4.43. The lowest BCUT2D eigenvalue weighted by Crippen LogP contribution is -2.38. The van der Waals surface area contributed by atoms with Gasteiger partial charge in [-0.2, -0.15) is 0 Å². The molecule has 16 heavy (non-hydrogen) atoms. The minimum Gasteiger partial charge on any atom is -0.390 e. The summed E-state index contributed by atoms with van der Waals surface area (Å²) in [6.45, 7) is 5.43. The SMILES string of the molecule is CC(C)NCC(O)CN(C)c1ccccc1. The van der Waals surface area contributed by atoms with Crippen LogP contribution in [0.1, 0.15) is 13.8 Å². The molecule has 0 bridgehead atoms. The molecule has 1 rings (SSSR count). The van der Waals surface area contributed by atoms with Crippen LogP contribution in [0.15, 0.2) is 30.3 Å². The van der Waals surface area contributed by atoms with E-state index in [2.05, 4.69) is 24.1 Å². The Kier molecular flexibility index (Phi) is 5.29. The molecular weight excluding hydrogens is 200 g/mol. The Balaban J connectivity index is 2.36. The fourth-order valence-electron chi connectivity index (χ4n) is 1.54. The van der Waals surface area contributed by atoms with Gasteiger partial charge in [-0.25, -0.2) is 0 Å². The number of hydrogen-bond acceptors (Lipinski definition) is 3. The maximum atomic E-state index is 9.83.